The maximum absolute atomic E-state index is 8.25. The van der Waals surface area contributed by atoms with E-state index in [2.05, 4.69) is 5.32 Å². The van der Waals surface area contributed by atoms with Crippen LogP contribution in [-0.2, 0) is 0 Å². The molecule has 9 heavy (non-hydrogen) atoms. The molecule has 0 aliphatic heterocycles. The van der Waals surface area contributed by atoms with Crippen molar-refractivity contribution < 1.29 is 5.11 Å². The van der Waals surface area contributed by atoms with Gasteiger partial charge < -0.3 is 16.2 Å². The molecule has 0 aromatic heterocycles. The van der Waals surface area contributed by atoms with Crippen LogP contribution in [0.5, 0.6) is 0 Å². The first-order chi connectivity index (χ1) is 4.27. The summed E-state index contributed by atoms with van der Waals surface area (Å²) >= 11 is 0. The molecule has 0 saturated heterocycles. The van der Waals surface area contributed by atoms with Gasteiger partial charge in [-0.25, -0.2) is 0 Å². The number of hydrogen-bond donors (Lipinski definition) is 4. The van der Waals surface area contributed by atoms with Crippen LogP contribution in [-0.4, -0.2) is 24.1 Å². The zero-order valence-corrected chi connectivity index (χ0v) is 5.09. The quantitative estimate of drug-likeness (QED) is 0.224. The molecule has 0 radical (unpaired) electrons. The van der Waals surface area contributed by atoms with Gasteiger partial charge in [-0.1, -0.05) is 0 Å². The molecule has 4 heteroatoms. The predicted octanol–water partition coefficient (Wildman–Crippen LogP) is -0.982. The maximum atomic E-state index is 8.25. The number of aliphatic hydroxyl groups excluding tert-OH is 1. The first-order valence-corrected chi connectivity index (χ1v) is 2.62. The summed E-state index contributed by atoms with van der Waals surface area (Å²) in [4.78, 5) is 0. The first kappa shape index (κ1) is 7.97. The molecule has 0 saturated carbocycles. The summed E-state index contributed by atoms with van der Waals surface area (Å²) in [5.41, 5.74) is 4.97. The molecule has 0 atom stereocenters. The van der Waals surface area contributed by atoms with Crippen LogP contribution in [0.2, 0.25) is 0 Å². The molecule has 0 aromatic carbocycles. The molecule has 0 spiro atoms. The minimum atomic E-state index is 0.000407. The summed E-state index contributed by atoms with van der Waals surface area (Å²) in [6.45, 7) is 0.575. The van der Waals surface area contributed by atoms with Crippen molar-refractivity contribution in [2.75, 3.05) is 13.2 Å². The van der Waals surface area contributed by atoms with E-state index in [1.807, 2.05) is 0 Å². The minimum Gasteiger partial charge on any atom is -0.395 e. The van der Waals surface area contributed by atoms with Gasteiger partial charge in [0, 0.05) is 12.7 Å². The zero-order chi connectivity index (χ0) is 7.11. The van der Waals surface area contributed by atoms with E-state index in [1.54, 1.807) is 0 Å². The molecular formula is C5H11N3O. The second-order valence-corrected chi connectivity index (χ2v) is 1.47. The number of hydrogen-bond acceptors (Lipinski definition) is 3. The third-order valence-corrected chi connectivity index (χ3v) is 0.637. The third kappa shape index (κ3) is 6.97. The highest BCUT2D eigenvalue weighted by atomic mass is 16.3. The number of amidine groups is 1. The van der Waals surface area contributed by atoms with E-state index in [0.717, 1.165) is 0 Å². The Kier molecular flexibility index (Phi) is 4.53. The second kappa shape index (κ2) is 5.11. The highest BCUT2D eigenvalue weighted by molar-refractivity contribution is 5.88. The highest BCUT2D eigenvalue weighted by Gasteiger charge is 1.75. The first-order valence-electron chi connectivity index (χ1n) is 2.62. The SMILES string of the molecule is N=C(N)/C=C\NCCO. The molecule has 0 aliphatic carbocycles. The number of nitrogens with one attached hydrogen (secondary N) is 2. The van der Waals surface area contributed by atoms with Crippen molar-refractivity contribution in [1.82, 2.24) is 5.32 Å². The normalized spacial score (nSPS) is 9.89. The molecule has 0 heterocycles. The van der Waals surface area contributed by atoms with Crippen molar-refractivity contribution in [3.05, 3.63) is 12.3 Å². The van der Waals surface area contributed by atoms with Crippen LogP contribution in [0.3, 0.4) is 0 Å². The molecular weight excluding hydrogens is 118 g/mol. The summed E-state index contributed by atoms with van der Waals surface area (Å²) in [6.07, 6.45) is 2.94. The monoisotopic (exact) mass is 129 g/mol. The fraction of sp³-hybridized carbons (Fsp3) is 0.400. The molecule has 0 aliphatic rings. The summed E-state index contributed by atoms with van der Waals surface area (Å²) in [7, 11) is 0. The summed E-state index contributed by atoms with van der Waals surface area (Å²) < 4.78 is 0. The average molecular weight is 129 g/mol. The van der Waals surface area contributed by atoms with Crippen LogP contribution in [0, 0.1) is 5.41 Å². The molecule has 0 rings (SSSR count). The Morgan fingerprint density at radius 2 is 2.44 bits per heavy atom. The topological polar surface area (TPSA) is 82.1 Å². The lowest BCUT2D eigenvalue weighted by molar-refractivity contribution is 0.298. The van der Waals surface area contributed by atoms with Crippen LogP contribution in [0.4, 0.5) is 0 Å². The predicted molar refractivity (Wildman–Crippen MR) is 36.1 cm³/mol. The van der Waals surface area contributed by atoms with Crippen LogP contribution in [0.1, 0.15) is 0 Å². The Labute approximate surface area is 53.9 Å². The van der Waals surface area contributed by atoms with E-state index in [4.69, 9.17) is 16.2 Å². The largest absolute Gasteiger partial charge is 0.395 e. The third-order valence-electron chi connectivity index (χ3n) is 0.637. The molecule has 0 amide bonds. The van der Waals surface area contributed by atoms with Crippen molar-refractivity contribution >= 4 is 5.84 Å². The molecule has 0 aromatic rings. The van der Waals surface area contributed by atoms with E-state index in [-0.39, 0.29) is 12.4 Å². The van der Waals surface area contributed by atoms with Gasteiger partial charge in [-0.05, 0) is 6.08 Å². The maximum Gasteiger partial charge on any atom is 0.116 e. The fourth-order valence-corrected chi connectivity index (χ4v) is 0.297. The lowest BCUT2D eigenvalue weighted by Gasteiger charge is -1.92. The summed E-state index contributed by atoms with van der Waals surface area (Å²) in [5, 5.41) is 17.7. The lowest BCUT2D eigenvalue weighted by Crippen LogP contribution is -2.13. The van der Waals surface area contributed by atoms with Gasteiger partial charge in [0.1, 0.15) is 5.84 Å². The van der Waals surface area contributed by atoms with Crippen LogP contribution in [0.25, 0.3) is 0 Å². The average Bonchev–Trinajstić information content (AvgIpc) is 1.80. The van der Waals surface area contributed by atoms with Gasteiger partial charge in [0.15, 0.2) is 0 Å². The lowest BCUT2D eigenvalue weighted by atomic mass is 10.5. The Balaban J connectivity index is 3.15. The van der Waals surface area contributed by atoms with Gasteiger partial charge in [0.25, 0.3) is 0 Å². The van der Waals surface area contributed by atoms with Gasteiger partial charge in [0.05, 0.1) is 6.61 Å². The molecule has 4 nitrogen and oxygen atoms in total. The van der Waals surface area contributed by atoms with Crippen molar-refractivity contribution in [2.45, 2.75) is 0 Å². The second-order valence-electron chi connectivity index (χ2n) is 1.47. The van der Waals surface area contributed by atoms with Gasteiger partial charge in [-0.3, -0.25) is 5.41 Å². The zero-order valence-electron chi connectivity index (χ0n) is 5.09. The van der Waals surface area contributed by atoms with E-state index in [0.29, 0.717) is 6.54 Å². The Bertz CT molecular complexity index is 111. The Morgan fingerprint density at radius 3 is 2.89 bits per heavy atom. The van der Waals surface area contributed by atoms with Gasteiger partial charge >= 0.3 is 0 Å². The summed E-state index contributed by atoms with van der Waals surface area (Å²) in [6, 6.07) is 0. The van der Waals surface area contributed by atoms with Gasteiger partial charge in [0.2, 0.25) is 0 Å². The van der Waals surface area contributed by atoms with E-state index < -0.39 is 0 Å². The van der Waals surface area contributed by atoms with Crippen LogP contribution >= 0.6 is 0 Å². The van der Waals surface area contributed by atoms with E-state index in [1.165, 1.54) is 12.3 Å². The Morgan fingerprint density at radius 1 is 1.78 bits per heavy atom. The molecule has 52 valence electrons. The van der Waals surface area contributed by atoms with Crippen molar-refractivity contribution in [3.8, 4) is 0 Å². The van der Waals surface area contributed by atoms with Crippen molar-refractivity contribution in [3.63, 3.8) is 0 Å². The van der Waals surface area contributed by atoms with Crippen LogP contribution in [0.15, 0.2) is 12.3 Å². The fourth-order valence-electron chi connectivity index (χ4n) is 0.297. The summed E-state index contributed by atoms with van der Waals surface area (Å²) in [5.74, 6) is 0.000407. The van der Waals surface area contributed by atoms with E-state index >= 15 is 0 Å². The van der Waals surface area contributed by atoms with Crippen LogP contribution < -0.4 is 11.1 Å². The molecule has 0 bridgehead atoms. The Hall–Kier alpha value is -1.03. The van der Waals surface area contributed by atoms with Crippen molar-refractivity contribution in [2.24, 2.45) is 5.73 Å². The highest BCUT2D eigenvalue weighted by Crippen LogP contribution is 1.64. The number of nitrogens with two attached hydrogens (primary N) is 1. The number of rotatable bonds is 4. The molecule has 0 unspecified atom stereocenters. The van der Waals surface area contributed by atoms with E-state index in [9.17, 15) is 0 Å². The van der Waals surface area contributed by atoms with Gasteiger partial charge in [-0.2, -0.15) is 0 Å². The molecule has 5 N–H and O–H groups in total. The van der Waals surface area contributed by atoms with Gasteiger partial charge in [-0.15, -0.1) is 0 Å². The smallest absolute Gasteiger partial charge is 0.116 e. The number of aliphatic hydroxyl groups is 1. The standard InChI is InChI=1S/C5H11N3O/c6-5(7)1-2-8-3-4-9/h1-2,8-9H,3-4H2,(H3,6,7)/b2-1-. The molecule has 0 fully saturated rings. The minimum absolute atomic E-state index is 0.000407. The van der Waals surface area contributed by atoms with Crippen molar-refractivity contribution in [1.29, 1.82) is 5.41 Å².